The van der Waals surface area contributed by atoms with E-state index in [1.165, 1.54) is 6.08 Å². The van der Waals surface area contributed by atoms with Crippen LogP contribution < -0.4 is 9.84 Å². The van der Waals surface area contributed by atoms with Gasteiger partial charge in [0.2, 0.25) is 0 Å². The predicted molar refractivity (Wildman–Crippen MR) is 88.9 cm³/mol. The van der Waals surface area contributed by atoms with Crippen molar-refractivity contribution in [2.75, 3.05) is 7.11 Å². The highest BCUT2D eigenvalue weighted by Crippen LogP contribution is 2.29. The Morgan fingerprint density at radius 2 is 2.17 bits per heavy atom. The van der Waals surface area contributed by atoms with E-state index < -0.39 is 5.97 Å². The van der Waals surface area contributed by atoms with Gasteiger partial charge in [0.1, 0.15) is 11.4 Å². The fraction of sp³-hybridized carbons (Fsp3) is 0.0588. The van der Waals surface area contributed by atoms with Gasteiger partial charge in [-0.2, -0.15) is 0 Å². The molecule has 0 fully saturated rings. The van der Waals surface area contributed by atoms with Gasteiger partial charge in [0.05, 0.1) is 24.5 Å². The van der Waals surface area contributed by atoms with Crippen LogP contribution in [-0.4, -0.2) is 22.5 Å². The van der Waals surface area contributed by atoms with Crippen LogP contribution in [0.2, 0.25) is 0 Å². The number of hydrogen-bond donors (Lipinski definition) is 0. The van der Waals surface area contributed by atoms with E-state index in [9.17, 15) is 9.90 Å². The molecule has 2 aromatic heterocycles. The quantitative estimate of drug-likeness (QED) is 0.661. The maximum atomic E-state index is 10.8. The van der Waals surface area contributed by atoms with E-state index in [2.05, 4.69) is 20.9 Å². The number of pyridine rings is 1. The number of methoxy groups -OCH3 is 1. The van der Waals surface area contributed by atoms with Gasteiger partial charge in [0, 0.05) is 16.2 Å². The minimum absolute atomic E-state index is 0.652. The molecule has 23 heavy (non-hydrogen) atoms. The zero-order valence-corrected chi connectivity index (χ0v) is 13.8. The number of aliphatic carboxylic acids is 1. The average Bonchev–Trinajstić information content (AvgIpc) is 2.90. The molecule has 0 amide bonds. The molecular formula is C17H12BrN2O3-. The number of ether oxygens (including phenoxy) is 1. The summed E-state index contributed by atoms with van der Waals surface area (Å²) in [7, 11) is 1.59. The minimum atomic E-state index is -1.26. The van der Waals surface area contributed by atoms with Gasteiger partial charge in [-0.15, -0.1) is 0 Å². The topological polar surface area (TPSA) is 66.7 Å². The number of rotatable bonds is 4. The molecule has 0 N–H and O–H groups in total. The SMILES string of the molecule is COc1cccc(-c2nc3ccc(Br)cn3c2/C=C/C(=O)[O-])c1. The van der Waals surface area contributed by atoms with Crippen LogP contribution in [0.5, 0.6) is 5.75 Å². The molecule has 5 nitrogen and oxygen atoms in total. The molecule has 0 radical (unpaired) electrons. The molecule has 0 aliphatic rings. The van der Waals surface area contributed by atoms with E-state index >= 15 is 0 Å². The third-order valence-corrected chi connectivity index (χ3v) is 3.81. The van der Waals surface area contributed by atoms with Crippen molar-refractivity contribution in [3.8, 4) is 17.0 Å². The highest BCUT2D eigenvalue weighted by Gasteiger charge is 2.13. The molecule has 0 saturated heterocycles. The van der Waals surface area contributed by atoms with Crippen LogP contribution in [-0.2, 0) is 4.79 Å². The largest absolute Gasteiger partial charge is 0.545 e. The molecule has 0 spiro atoms. The van der Waals surface area contributed by atoms with Gasteiger partial charge in [-0.05, 0) is 52.3 Å². The summed E-state index contributed by atoms with van der Waals surface area (Å²) in [6, 6.07) is 11.2. The van der Waals surface area contributed by atoms with Crippen LogP contribution in [0, 0.1) is 0 Å². The van der Waals surface area contributed by atoms with E-state index in [1.54, 1.807) is 7.11 Å². The maximum Gasteiger partial charge on any atom is 0.138 e. The zero-order valence-electron chi connectivity index (χ0n) is 12.2. The monoisotopic (exact) mass is 371 g/mol. The molecular weight excluding hydrogens is 360 g/mol. The first-order chi connectivity index (χ1) is 11.1. The van der Waals surface area contributed by atoms with E-state index in [0.717, 1.165) is 16.1 Å². The molecule has 116 valence electrons. The Kier molecular flexibility index (Phi) is 4.16. The average molecular weight is 372 g/mol. The second-order valence-corrected chi connectivity index (χ2v) is 5.72. The van der Waals surface area contributed by atoms with E-state index in [1.807, 2.05) is 47.0 Å². The lowest BCUT2D eigenvalue weighted by atomic mass is 10.1. The first kappa shape index (κ1) is 15.3. The van der Waals surface area contributed by atoms with Crippen LogP contribution in [0.25, 0.3) is 23.0 Å². The van der Waals surface area contributed by atoms with Gasteiger partial charge in [-0.3, -0.25) is 4.40 Å². The third kappa shape index (κ3) is 3.12. The predicted octanol–water partition coefficient (Wildman–Crippen LogP) is 2.54. The lowest BCUT2D eigenvalue weighted by molar-refractivity contribution is -0.297. The number of nitrogens with zero attached hydrogens (tertiary/aromatic N) is 2. The molecule has 0 saturated carbocycles. The number of carboxylic acid groups (broad SMARTS) is 1. The Bertz CT molecular complexity index is 915. The Morgan fingerprint density at radius 1 is 1.35 bits per heavy atom. The molecule has 3 rings (SSSR count). The Hall–Kier alpha value is -2.60. The molecule has 2 heterocycles. The van der Waals surface area contributed by atoms with Crippen molar-refractivity contribution in [3.05, 3.63) is 58.8 Å². The van der Waals surface area contributed by atoms with Crippen molar-refractivity contribution in [1.29, 1.82) is 0 Å². The summed E-state index contributed by atoms with van der Waals surface area (Å²) >= 11 is 3.41. The first-order valence-electron chi connectivity index (χ1n) is 6.79. The van der Waals surface area contributed by atoms with Gasteiger partial charge in [0.15, 0.2) is 0 Å². The van der Waals surface area contributed by atoms with Crippen molar-refractivity contribution in [2.45, 2.75) is 0 Å². The summed E-state index contributed by atoms with van der Waals surface area (Å²) in [6.45, 7) is 0. The van der Waals surface area contributed by atoms with Crippen molar-refractivity contribution >= 4 is 33.6 Å². The number of aromatic nitrogens is 2. The highest BCUT2D eigenvalue weighted by atomic mass is 79.9. The molecule has 0 atom stereocenters. The molecule has 0 bridgehead atoms. The smallest absolute Gasteiger partial charge is 0.138 e. The number of imidazole rings is 1. The minimum Gasteiger partial charge on any atom is -0.545 e. The standard InChI is InChI=1S/C17H13BrN2O3/c1-23-13-4-2-3-11(9-13)17-14(6-8-16(21)22)20-10-12(18)5-7-15(20)19-17/h2-10H,1H3,(H,21,22)/p-1/b8-6+. The van der Waals surface area contributed by atoms with Crippen LogP contribution in [0.1, 0.15) is 5.69 Å². The van der Waals surface area contributed by atoms with Crippen LogP contribution in [0.15, 0.2) is 53.1 Å². The Labute approximate surface area is 141 Å². The van der Waals surface area contributed by atoms with Crippen molar-refractivity contribution in [1.82, 2.24) is 9.38 Å². The van der Waals surface area contributed by atoms with Crippen molar-refractivity contribution < 1.29 is 14.6 Å². The second-order valence-electron chi connectivity index (χ2n) is 4.81. The maximum absolute atomic E-state index is 10.8. The Balaban J connectivity index is 2.26. The number of carboxylic acids is 1. The molecule has 0 unspecified atom stereocenters. The lowest BCUT2D eigenvalue weighted by Gasteiger charge is -2.04. The van der Waals surface area contributed by atoms with Gasteiger partial charge in [-0.1, -0.05) is 12.1 Å². The highest BCUT2D eigenvalue weighted by molar-refractivity contribution is 9.10. The van der Waals surface area contributed by atoms with Gasteiger partial charge in [-0.25, -0.2) is 4.98 Å². The van der Waals surface area contributed by atoms with Crippen molar-refractivity contribution in [2.24, 2.45) is 0 Å². The summed E-state index contributed by atoms with van der Waals surface area (Å²) in [5, 5.41) is 10.8. The molecule has 3 aromatic rings. The van der Waals surface area contributed by atoms with E-state index in [-0.39, 0.29) is 0 Å². The molecule has 0 aliphatic heterocycles. The zero-order chi connectivity index (χ0) is 16.4. The summed E-state index contributed by atoms with van der Waals surface area (Å²) in [5.74, 6) is -0.554. The normalized spacial score (nSPS) is 11.2. The van der Waals surface area contributed by atoms with Gasteiger partial charge < -0.3 is 14.6 Å². The first-order valence-corrected chi connectivity index (χ1v) is 7.59. The summed E-state index contributed by atoms with van der Waals surface area (Å²) < 4.78 is 7.92. The van der Waals surface area contributed by atoms with Crippen molar-refractivity contribution in [3.63, 3.8) is 0 Å². The van der Waals surface area contributed by atoms with Crippen LogP contribution in [0.3, 0.4) is 0 Å². The van der Waals surface area contributed by atoms with E-state index in [0.29, 0.717) is 22.8 Å². The number of fused-ring (bicyclic) bond motifs is 1. The molecule has 0 aliphatic carbocycles. The van der Waals surface area contributed by atoms with Crippen LogP contribution >= 0.6 is 15.9 Å². The third-order valence-electron chi connectivity index (χ3n) is 3.34. The summed E-state index contributed by atoms with van der Waals surface area (Å²) in [4.78, 5) is 15.4. The van der Waals surface area contributed by atoms with Crippen LogP contribution in [0.4, 0.5) is 0 Å². The second kappa shape index (κ2) is 6.26. The number of carbonyl (C=O) groups is 1. The fourth-order valence-electron chi connectivity index (χ4n) is 2.33. The summed E-state index contributed by atoms with van der Waals surface area (Å²) in [6.07, 6.45) is 4.31. The fourth-order valence-corrected chi connectivity index (χ4v) is 2.66. The number of carbonyl (C=O) groups excluding carboxylic acids is 1. The Morgan fingerprint density at radius 3 is 2.91 bits per heavy atom. The number of benzene rings is 1. The lowest BCUT2D eigenvalue weighted by Crippen LogP contribution is -2.18. The van der Waals surface area contributed by atoms with Gasteiger partial charge >= 0.3 is 0 Å². The number of hydrogen-bond acceptors (Lipinski definition) is 4. The number of halogens is 1. The van der Waals surface area contributed by atoms with Gasteiger partial charge in [0.25, 0.3) is 0 Å². The summed E-state index contributed by atoms with van der Waals surface area (Å²) in [5.41, 5.74) is 2.87. The molecule has 6 heteroatoms. The molecule has 1 aromatic carbocycles. The van der Waals surface area contributed by atoms with E-state index in [4.69, 9.17) is 4.74 Å².